The molecule has 0 saturated carbocycles. The molecule has 0 atom stereocenters. The Morgan fingerprint density at radius 3 is 2.29 bits per heavy atom. The zero-order valence-corrected chi connectivity index (χ0v) is 8.12. The minimum absolute atomic E-state index is 0.290. The molecule has 1 rings (SSSR count). The Hall–Kier alpha value is -1.83. The van der Waals surface area contributed by atoms with Crippen LogP contribution in [-0.2, 0) is 9.53 Å². The number of hydrogen-bond acceptors (Lipinski definition) is 2. The van der Waals surface area contributed by atoms with Crippen molar-refractivity contribution in [3.8, 4) is 0 Å². The third kappa shape index (κ3) is 2.10. The zero-order valence-electron chi connectivity index (χ0n) is 8.12. The van der Waals surface area contributed by atoms with Crippen LogP contribution in [0.5, 0.6) is 0 Å². The van der Waals surface area contributed by atoms with Gasteiger partial charge in [0.15, 0.2) is 0 Å². The highest BCUT2D eigenvalue weighted by Gasteiger charge is 2.11. The predicted molar refractivity (Wildman–Crippen MR) is 56.6 cm³/mol. The lowest BCUT2D eigenvalue weighted by atomic mass is 10.0. The van der Waals surface area contributed by atoms with Crippen LogP contribution in [0.1, 0.15) is 5.56 Å². The van der Waals surface area contributed by atoms with E-state index >= 15 is 0 Å². The summed E-state index contributed by atoms with van der Waals surface area (Å²) in [4.78, 5) is 11.1. The smallest absolute Gasteiger partial charge is 0.337 e. The second-order valence-electron chi connectivity index (χ2n) is 2.81. The predicted octanol–water partition coefficient (Wildman–Crippen LogP) is 2.43. The molecule has 2 nitrogen and oxygen atoms in total. The molecule has 0 aromatic heterocycles. The molecule has 1 aromatic carbocycles. The third-order valence-electron chi connectivity index (χ3n) is 1.92. The molecule has 0 fully saturated rings. The molecular weight excluding hydrogens is 176 g/mol. The fourth-order valence-corrected chi connectivity index (χ4v) is 1.06. The quantitative estimate of drug-likeness (QED) is 0.413. The molecule has 0 amide bonds. The monoisotopic (exact) mass is 188 g/mol. The minimum atomic E-state index is -0.446. The summed E-state index contributed by atoms with van der Waals surface area (Å²) in [6.07, 6.45) is 0. The van der Waals surface area contributed by atoms with E-state index in [0.717, 1.165) is 5.56 Å². The molecule has 2 heteroatoms. The molecule has 14 heavy (non-hydrogen) atoms. The Labute approximate surface area is 83.5 Å². The van der Waals surface area contributed by atoms with E-state index in [2.05, 4.69) is 17.9 Å². The number of carbonyl (C=O) groups excluding carboxylic acids is 1. The van der Waals surface area contributed by atoms with Crippen LogP contribution >= 0.6 is 0 Å². The summed E-state index contributed by atoms with van der Waals surface area (Å²) in [6, 6.07) is 9.40. The molecular formula is C12H12O2. The first-order valence-corrected chi connectivity index (χ1v) is 4.18. The largest absolute Gasteiger partial charge is 0.465 e. The van der Waals surface area contributed by atoms with E-state index in [-0.39, 0.29) is 0 Å². The molecule has 0 spiro atoms. The molecule has 72 valence electrons. The number of ether oxygens (including phenoxy) is 1. The average molecular weight is 188 g/mol. The summed E-state index contributed by atoms with van der Waals surface area (Å²) in [5.41, 5.74) is 1.76. The van der Waals surface area contributed by atoms with Gasteiger partial charge in [0.05, 0.1) is 12.7 Å². The summed E-state index contributed by atoms with van der Waals surface area (Å²) in [5.74, 6) is -0.446. The number of methoxy groups -OCH3 is 1. The Kier molecular flexibility index (Phi) is 3.24. The molecule has 0 radical (unpaired) electrons. The van der Waals surface area contributed by atoms with E-state index < -0.39 is 5.97 Å². The van der Waals surface area contributed by atoms with Crippen LogP contribution in [0.15, 0.2) is 49.1 Å². The number of hydrogen-bond donors (Lipinski definition) is 0. The molecule has 1 aromatic rings. The third-order valence-corrected chi connectivity index (χ3v) is 1.92. The van der Waals surface area contributed by atoms with Gasteiger partial charge in [0.1, 0.15) is 0 Å². The maximum Gasteiger partial charge on any atom is 0.337 e. The van der Waals surface area contributed by atoms with Crippen molar-refractivity contribution >= 4 is 11.5 Å². The number of carbonyl (C=O) groups is 1. The van der Waals surface area contributed by atoms with Gasteiger partial charge in [-0.2, -0.15) is 0 Å². The fourth-order valence-electron chi connectivity index (χ4n) is 1.06. The number of esters is 1. The molecule has 0 aliphatic heterocycles. The van der Waals surface area contributed by atoms with E-state index in [4.69, 9.17) is 0 Å². The van der Waals surface area contributed by atoms with Crippen molar-refractivity contribution in [2.45, 2.75) is 0 Å². The van der Waals surface area contributed by atoms with Gasteiger partial charge in [0, 0.05) is 0 Å². The molecule has 0 aliphatic carbocycles. The van der Waals surface area contributed by atoms with Gasteiger partial charge in [-0.3, -0.25) is 0 Å². The van der Waals surface area contributed by atoms with Gasteiger partial charge >= 0.3 is 5.97 Å². The molecule has 0 saturated heterocycles. The SMILES string of the molecule is C=C(C(=C)c1ccccc1)C(=O)OC. The topological polar surface area (TPSA) is 26.3 Å². The van der Waals surface area contributed by atoms with Crippen molar-refractivity contribution in [3.63, 3.8) is 0 Å². The molecule has 0 heterocycles. The first-order chi connectivity index (χ1) is 6.66. The zero-order chi connectivity index (χ0) is 10.6. The lowest BCUT2D eigenvalue weighted by Crippen LogP contribution is -2.04. The maximum atomic E-state index is 11.1. The summed E-state index contributed by atoms with van der Waals surface area (Å²) < 4.78 is 4.56. The highest BCUT2D eigenvalue weighted by atomic mass is 16.5. The van der Waals surface area contributed by atoms with Crippen LogP contribution in [0.25, 0.3) is 5.57 Å². The van der Waals surface area contributed by atoms with Gasteiger partial charge in [-0.25, -0.2) is 4.79 Å². The van der Waals surface area contributed by atoms with Crippen LogP contribution in [-0.4, -0.2) is 13.1 Å². The highest BCUT2D eigenvalue weighted by molar-refractivity contribution is 6.04. The van der Waals surface area contributed by atoms with Gasteiger partial charge in [-0.15, -0.1) is 0 Å². The molecule has 0 N–H and O–H groups in total. The standard InChI is InChI=1S/C12H12O2/c1-9(10(2)12(13)14-3)11-7-5-4-6-8-11/h4-8H,1-2H2,3H3. The van der Waals surface area contributed by atoms with Gasteiger partial charge in [-0.1, -0.05) is 43.5 Å². The van der Waals surface area contributed by atoms with Gasteiger partial charge in [-0.05, 0) is 11.1 Å². The van der Waals surface area contributed by atoms with Crippen molar-refractivity contribution in [1.29, 1.82) is 0 Å². The number of benzene rings is 1. The van der Waals surface area contributed by atoms with Crippen molar-refractivity contribution in [1.82, 2.24) is 0 Å². The Morgan fingerprint density at radius 1 is 1.21 bits per heavy atom. The summed E-state index contributed by atoms with van der Waals surface area (Å²) in [6.45, 7) is 7.42. The van der Waals surface area contributed by atoms with Crippen molar-refractivity contribution < 1.29 is 9.53 Å². The van der Waals surface area contributed by atoms with Gasteiger partial charge in [0.25, 0.3) is 0 Å². The summed E-state index contributed by atoms with van der Waals surface area (Å²) >= 11 is 0. The first kappa shape index (κ1) is 10.3. The highest BCUT2D eigenvalue weighted by Crippen LogP contribution is 2.19. The lowest BCUT2D eigenvalue weighted by molar-refractivity contribution is -0.135. The summed E-state index contributed by atoms with van der Waals surface area (Å²) in [7, 11) is 1.33. The van der Waals surface area contributed by atoms with Crippen molar-refractivity contribution in [3.05, 3.63) is 54.6 Å². The van der Waals surface area contributed by atoms with E-state index in [1.165, 1.54) is 7.11 Å². The van der Waals surface area contributed by atoms with Gasteiger partial charge in [0.2, 0.25) is 0 Å². The second kappa shape index (κ2) is 4.42. The molecule has 0 bridgehead atoms. The average Bonchev–Trinajstić information content (AvgIpc) is 2.27. The van der Waals surface area contributed by atoms with Crippen LogP contribution < -0.4 is 0 Å². The molecule has 0 aliphatic rings. The minimum Gasteiger partial charge on any atom is -0.465 e. The van der Waals surface area contributed by atoms with E-state index in [1.807, 2.05) is 30.3 Å². The van der Waals surface area contributed by atoms with E-state index in [0.29, 0.717) is 11.1 Å². The van der Waals surface area contributed by atoms with E-state index in [9.17, 15) is 4.79 Å². The van der Waals surface area contributed by atoms with Crippen molar-refractivity contribution in [2.24, 2.45) is 0 Å². The van der Waals surface area contributed by atoms with Crippen molar-refractivity contribution in [2.75, 3.05) is 7.11 Å². The number of rotatable bonds is 3. The van der Waals surface area contributed by atoms with Gasteiger partial charge < -0.3 is 4.74 Å². The maximum absolute atomic E-state index is 11.1. The summed E-state index contributed by atoms with van der Waals surface area (Å²) in [5, 5.41) is 0. The fraction of sp³-hybridized carbons (Fsp3) is 0.0833. The second-order valence-corrected chi connectivity index (χ2v) is 2.81. The molecule has 0 unspecified atom stereocenters. The van der Waals surface area contributed by atoms with Crippen LogP contribution in [0.2, 0.25) is 0 Å². The normalized spacial score (nSPS) is 9.21. The Bertz CT molecular complexity index is 363. The van der Waals surface area contributed by atoms with Crippen LogP contribution in [0.3, 0.4) is 0 Å². The Morgan fingerprint density at radius 2 is 1.79 bits per heavy atom. The Balaban J connectivity index is 2.87. The lowest BCUT2D eigenvalue weighted by Gasteiger charge is -2.06. The van der Waals surface area contributed by atoms with E-state index in [1.54, 1.807) is 0 Å². The first-order valence-electron chi connectivity index (χ1n) is 4.18. The van der Waals surface area contributed by atoms with Crippen LogP contribution in [0, 0.1) is 0 Å². The van der Waals surface area contributed by atoms with Crippen LogP contribution in [0.4, 0.5) is 0 Å².